The Balaban J connectivity index is 1.30. The van der Waals surface area contributed by atoms with Gasteiger partial charge in [-0.1, -0.05) is 146 Å². The van der Waals surface area contributed by atoms with Crippen LogP contribution in [-0.4, -0.2) is 18.3 Å². The molecule has 0 saturated carbocycles. The molecule has 11 aromatic carbocycles. The molecule has 0 N–H and O–H groups in total. The first kappa shape index (κ1) is 36.1. The fraction of sp³-hybridized carbons (Fsp3) is 0. The Morgan fingerprint density at radius 2 is 0.344 bits per heavy atom. The first-order valence-electron chi connectivity index (χ1n) is 21.9. The van der Waals surface area contributed by atoms with Gasteiger partial charge < -0.3 is 18.3 Å². The van der Waals surface area contributed by atoms with Crippen LogP contribution in [0.4, 0.5) is 0 Å². The largest absolute Gasteiger partial charge is 0.306 e. The molecule has 0 aliphatic heterocycles. The van der Waals surface area contributed by atoms with Gasteiger partial charge in [-0.25, -0.2) is 0 Å². The van der Waals surface area contributed by atoms with Crippen molar-refractivity contribution in [3.05, 3.63) is 243 Å². The van der Waals surface area contributed by atoms with Gasteiger partial charge in [0.1, 0.15) is 0 Å². The van der Waals surface area contributed by atoms with Crippen molar-refractivity contribution in [3.63, 3.8) is 0 Å². The summed E-state index contributed by atoms with van der Waals surface area (Å²) in [4.78, 5) is 0. The van der Waals surface area contributed by atoms with E-state index >= 15 is 0 Å². The molecule has 0 saturated heterocycles. The van der Waals surface area contributed by atoms with E-state index in [0.29, 0.717) is 0 Å². The third-order valence-corrected chi connectivity index (χ3v) is 13.0. The van der Waals surface area contributed by atoms with Gasteiger partial charge in [0.25, 0.3) is 0 Å². The predicted octanol–water partition coefficient (Wildman–Crippen LogP) is 15.8. The second kappa shape index (κ2) is 14.5. The molecular weight excluding hydrogens is 777 g/mol. The van der Waals surface area contributed by atoms with Crippen LogP contribution in [0.5, 0.6) is 0 Å². The van der Waals surface area contributed by atoms with Crippen molar-refractivity contribution >= 4 is 87.2 Å². The van der Waals surface area contributed by atoms with E-state index < -0.39 is 0 Å². The lowest BCUT2D eigenvalue weighted by molar-refractivity contribution is 1.09. The SMILES string of the molecule is c1ccc(-n2c3ccccc3n(-c3ccccc3)c3cc4c5ccccc5c5cc6c(cc5c5ccccc5c4cc32)n(-c2ccccc2)c2ccccc2n6-c2ccccc2)cc1. The highest BCUT2D eigenvalue weighted by Crippen LogP contribution is 2.42. The van der Waals surface area contributed by atoms with Crippen molar-refractivity contribution in [1.29, 1.82) is 0 Å². The van der Waals surface area contributed by atoms with E-state index in [1.165, 1.54) is 43.1 Å². The average Bonchev–Trinajstić information content (AvgIpc) is 3.37. The minimum absolute atomic E-state index is 1.12. The topological polar surface area (TPSA) is 19.7 Å². The van der Waals surface area contributed by atoms with E-state index in [0.717, 1.165) is 66.9 Å². The van der Waals surface area contributed by atoms with Crippen LogP contribution in [0, 0.1) is 0 Å². The number of nitrogens with zero attached hydrogens (tertiary/aromatic N) is 4. The summed E-state index contributed by atoms with van der Waals surface area (Å²) in [6, 6.07) is 88.6. The van der Waals surface area contributed by atoms with Crippen LogP contribution in [-0.2, 0) is 0 Å². The highest BCUT2D eigenvalue weighted by Gasteiger charge is 2.20. The Labute approximate surface area is 369 Å². The van der Waals surface area contributed by atoms with Crippen molar-refractivity contribution in [2.24, 2.45) is 0 Å². The zero-order valence-corrected chi connectivity index (χ0v) is 34.9. The molecule has 4 nitrogen and oxygen atoms in total. The first-order valence-corrected chi connectivity index (χ1v) is 21.9. The maximum atomic E-state index is 2.45. The van der Waals surface area contributed by atoms with Crippen LogP contribution in [0.3, 0.4) is 0 Å². The normalized spacial score (nSPS) is 11.8. The fourth-order valence-corrected chi connectivity index (χ4v) is 10.3. The van der Waals surface area contributed by atoms with E-state index in [9.17, 15) is 0 Å². The molecule has 0 unspecified atom stereocenters. The van der Waals surface area contributed by atoms with E-state index in [1.807, 2.05) is 0 Å². The summed E-state index contributed by atoms with van der Waals surface area (Å²) in [6.07, 6.45) is 0. The van der Waals surface area contributed by atoms with Gasteiger partial charge in [0, 0.05) is 22.7 Å². The predicted molar refractivity (Wildman–Crippen MR) is 270 cm³/mol. The number of benzene rings is 10. The second-order valence-corrected chi connectivity index (χ2v) is 16.5. The molecule has 4 heteroatoms. The van der Waals surface area contributed by atoms with Gasteiger partial charge in [0.15, 0.2) is 0 Å². The highest BCUT2D eigenvalue weighted by molar-refractivity contribution is 6.28. The second-order valence-electron chi connectivity index (χ2n) is 16.5. The van der Waals surface area contributed by atoms with Crippen LogP contribution >= 0.6 is 0 Å². The Bertz CT molecular complexity index is 3510. The number of hydrogen-bond donors (Lipinski definition) is 0. The van der Waals surface area contributed by atoms with Gasteiger partial charge in [-0.3, -0.25) is 0 Å². The van der Waals surface area contributed by atoms with Crippen molar-refractivity contribution in [1.82, 2.24) is 18.3 Å². The molecule has 13 rings (SSSR count). The van der Waals surface area contributed by atoms with Crippen molar-refractivity contribution in [3.8, 4) is 22.7 Å². The molecule has 0 aliphatic carbocycles. The summed E-state index contributed by atoms with van der Waals surface area (Å²) in [5.74, 6) is 0. The quantitative estimate of drug-likeness (QED) is 0.158. The summed E-state index contributed by atoms with van der Waals surface area (Å²) in [7, 11) is 0. The number of fused-ring (bicyclic) bond motifs is 12. The highest BCUT2D eigenvalue weighted by atomic mass is 15.1. The van der Waals surface area contributed by atoms with Crippen LogP contribution in [0.2, 0.25) is 0 Å². The lowest BCUT2D eigenvalue weighted by Crippen LogP contribution is -2.08. The first-order chi connectivity index (χ1) is 31.8. The summed E-state index contributed by atoms with van der Waals surface area (Å²) >= 11 is 0. The molecule has 0 amide bonds. The Morgan fingerprint density at radius 3 is 0.562 bits per heavy atom. The molecule has 64 heavy (non-hydrogen) atoms. The fourth-order valence-electron chi connectivity index (χ4n) is 10.3. The van der Waals surface area contributed by atoms with Gasteiger partial charge in [0.2, 0.25) is 0 Å². The van der Waals surface area contributed by atoms with Crippen LogP contribution in [0.15, 0.2) is 243 Å². The van der Waals surface area contributed by atoms with Gasteiger partial charge in [-0.05, 0) is 140 Å². The maximum Gasteiger partial charge on any atom is 0.0709 e. The Morgan fingerprint density at radius 1 is 0.156 bits per heavy atom. The lowest BCUT2D eigenvalue weighted by atomic mass is 9.93. The van der Waals surface area contributed by atoms with Crippen molar-refractivity contribution in [2.75, 3.05) is 0 Å². The zero-order valence-electron chi connectivity index (χ0n) is 34.9. The monoisotopic (exact) mass is 816 g/mol. The average molecular weight is 817 g/mol. The minimum atomic E-state index is 1.12. The van der Waals surface area contributed by atoms with Crippen LogP contribution < -0.4 is 0 Å². The van der Waals surface area contributed by atoms with E-state index in [4.69, 9.17) is 0 Å². The minimum Gasteiger partial charge on any atom is -0.306 e. The van der Waals surface area contributed by atoms with Crippen LogP contribution in [0.25, 0.3) is 110 Å². The molecule has 0 aliphatic rings. The molecule has 0 atom stereocenters. The molecule has 13 aromatic rings. The summed E-state index contributed by atoms with van der Waals surface area (Å²) < 4.78 is 9.76. The Hall–Kier alpha value is -8.60. The molecule has 0 radical (unpaired) electrons. The molecular formula is C60H40N4. The molecule has 0 bridgehead atoms. The number of para-hydroxylation sites is 8. The number of rotatable bonds is 4. The summed E-state index contributed by atoms with van der Waals surface area (Å²) in [5, 5.41) is 9.52. The standard InChI is InChI=1S/C60H40N4/c1-5-21-41(22-6-1)61-53-33-17-18-34-54(53)62(42-23-7-2-8-24-42)58-38-50-47-31-15-16-32-48(47)52-40-60-59(39-51(52)46-30-14-13-29-45(46)49(50)37-57(58)61)63(43-25-9-3-10-26-43)55-35-19-20-36-56(55)64(60)44-27-11-4-12-28-44/h1-40H. The molecule has 2 aromatic heterocycles. The summed E-state index contributed by atoms with van der Waals surface area (Å²) in [5.41, 5.74) is 13.5. The van der Waals surface area contributed by atoms with Gasteiger partial charge in [0.05, 0.1) is 44.1 Å². The zero-order chi connectivity index (χ0) is 42.1. The van der Waals surface area contributed by atoms with Crippen molar-refractivity contribution in [2.45, 2.75) is 0 Å². The van der Waals surface area contributed by atoms with Crippen LogP contribution in [0.1, 0.15) is 0 Å². The molecule has 0 fully saturated rings. The van der Waals surface area contributed by atoms with Gasteiger partial charge >= 0.3 is 0 Å². The number of aromatic nitrogens is 4. The van der Waals surface area contributed by atoms with Gasteiger partial charge in [-0.15, -0.1) is 0 Å². The van der Waals surface area contributed by atoms with Gasteiger partial charge in [-0.2, -0.15) is 0 Å². The molecule has 0 spiro atoms. The summed E-state index contributed by atoms with van der Waals surface area (Å²) in [6.45, 7) is 0. The molecule has 2 heterocycles. The lowest BCUT2D eigenvalue weighted by Gasteiger charge is -2.24. The smallest absolute Gasteiger partial charge is 0.0709 e. The number of hydrogen-bond acceptors (Lipinski definition) is 0. The third-order valence-electron chi connectivity index (χ3n) is 13.0. The van der Waals surface area contributed by atoms with E-state index in [2.05, 4.69) is 261 Å². The maximum absolute atomic E-state index is 2.45. The van der Waals surface area contributed by atoms with E-state index in [-0.39, 0.29) is 0 Å². The third kappa shape index (κ3) is 5.49. The molecule has 300 valence electrons. The Kier molecular flexibility index (Phi) is 8.18. The van der Waals surface area contributed by atoms with Crippen molar-refractivity contribution < 1.29 is 0 Å². The van der Waals surface area contributed by atoms with E-state index in [1.54, 1.807) is 0 Å².